The molecule has 1 N–H and O–H groups in total. The maximum atomic E-state index is 13.2. The van der Waals surface area contributed by atoms with Gasteiger partial charge in [0.1, 0.15) is 5.82 Å². The highest BCUT2D eigenvalue weighted by Gasteiger charge is 2.38. The lowest BCUT2D eigenvalue weighted by atomic mass is 9.98. The lowest BCUT2D eigenvalue weighted by molar-refractivity contribution is -0.0605. The second kappa shape index (κ2) is 6.06. The van der Waals surface area contributed by atoms with E-state index in [1.54, 1.807) is 18.6 Å². The topological polar surface area (TPSA) is 88.9 Å². The third-order valence-corrected chi connectivity index (χ3v) is 5.13. The zero-order valence-electron chi connectivity index (χ0n) is 14.1. The third kappa shape index (κ3) is 2.41. The molecule has 5 rings (SSSR count). The van der Waals surface area contributed by atoms with Crippen LogP contribution in [0.2, 0.25) is 0 Å². The first kappa shape index (κ1) is 15.3. The maximum Gasteiger partial charge on any atom is 0.254 e. The fraction of sp³-hybridized carbons (Fsp3) is 0.333. The lowest BCUT2D eigenvalue weighted by Gasteiger charge is -2.41. The summed E-state index contributed by atoms with van der Waals surface area (Å²) in [7, 11) is 0. The Morgan fingerprint density at radius 2 is 2.23 bits per heavy atom. The van der Waals surface area contributed by atoms with Crippen LogP contribution in [0.5, 0.6) is 0 Å². The monoisotopic (exact) mass is 350 g/mol. The Bertz CT molecular complexity index is 935. The van der Waals surface area contributed by atoms with Crippen molar-refractivity contribution >= 4 is 5.91 Å². The maximum absolute atomic E-state index is 13.2. The molecule has 4 heterocycles. The first-order chi connectivity index (χ1) is 12.8. The van der Waals surface area contributed by atoms with E-state index in [0.717, 1.165) is 17.7 Å². The van der Waals surface area contributed by atoms with Gasteiger partial charge in [0.05, 0.1) is 36.2 Å². The van der Waals surface area contributed by atoms with Gasteiger partial charge >= 0.3 is 0 Å². The molecule has 26 heavy (non-hydrogen) atoms. The predicted molar refractivity (Wildman–Crippen MR) is 92.2 cm³/mol. The van der Waals surface area contributed by atoms with E-state index in [9.17, 15) is 4.79 Å². The molecule has 8 nitrogen and oxygen atoms in total. The number of nitrogens with zero attached hydrogens (tertiary/aromatic N) is 5. The number of aromatic nitrogens is 5. The number of ether oxygens (including phenoxy) is 1. The average Bonchev–Trinajstić information content (AvgIpc) is 3.38. The highest BCUT2D eigenvalue weighted by Crippen LogP contribution is 2.31. The summed E-state index contributed by atoms with van der Waals surface area (Å²) >= 11 is 0. The molecule has 2 aliphatic rings. The second-order valence-electron chi connectivity index (χ2n) is 6.61. The van der Waals surface area contributed by atoms with Crippen LogP contribution in [-0.4, -0.2) is 55.0 Å². The number of fused-ring (bicyclic) bond motifs is 3. The summed E-state index contributed by atoms with van der Waals surface area (Å²) in [6, 6.07) is 7.57. The van der Waals surface area contributed by atoms with E-state index in [2.05, 4.69) is 20.3 Å². The highest BCUT2D eigenvalue weighted by molar-refractivity contribution is 6.00. The van der Waals surface area contributed by atoms with Gasteiger partial charge < -0.3 is 14.6 Å². The first-order valence-electron chi connectivity index (χ1n) is 8.70. The van der Waals surface area contributed by atoms with Crippen molar-refractivity contribution in [1.29, 1.82) is 0 Å². The van der Waals surface area contributed by atoms with E-state index in [4.69, 9.17) is 4.74 Å². The summed E-state index contributed by atoms with van der Waals surface area (Å²) in [4.78, 5) is 22.5. The highest BCUT2D eigenvalue weighted by atomic mass is 16.5. The van der Waals surface area contributed by atoms with Crippen LogP contribution in [0.3, 0.4) is 0 Å². The SMILES string of the molecule is O=C(c1ccccc1-c1ncc[nH]1)N1CCC2OCc3cnnn3C2C1. The van der Waals surface area contributed by atoms with Crippen molar-refractivity contribution < 1.29 is 9.53 Å². The quantitative estimate of drug-likeness (QED) is 0.759. The van der Waals surface area contributed by atoms with E-state index in [1.165, 1.54) is 0 Å². The van der Waals surface area contributed by atoms with Crippen LogP contribution in [0.4, 0.5) is 0 Å². The van der Waals surface area contributed by atoms with Gasteiger partial charge in [0, 0.05) is 31.0 Å². The number of imidazole rings is 1. The number of H-pyrrole nitrogens is 1. The van der Waals surface area contributed by atoms with Crippen molar-refractivity contribution in [2.45, 2.75) is 25.2 Å². The number of carbonyl (C=O) groups excluding carboxylic acids is 1. The molecule has 0 saturated carbocycles. The Balaban J connectivity index is 1.45. The smallest absolute Gasteiger partial charge is 0.254 e. The molecule has 2 atom stereocenters. The zero-order valence-corrected chi connectivity index (χ0v) is 14.1. The number of rotatable bonds is 2. The summed E-state index contributed by atoms with van der Waals surface area (Å²) in [5.74, 6) is 0.700. The van der Waals surface area contributed by atoms with Crippen LogP contribution in [0.25, 0.3) is 11.4 Å². The minimum atomic E-state index is 0.00249. The molecular weight excluding hydrogens is 332 g/mol. The van der Waals surface area contributed by atoms with Crippen molar-refractivity contribution in [3.05, 3.63) is 54.1 Å². The van der Waals surface area contributed by atoms with Crippen molar-refractivity contribution in [2.24, 2.45) is 0 Å². The van der Waals surface area contributed by atoms with E-state index in [0.29, 0.717) is 31.1 Å². The summed E-state index contributed by atoms with van der Waals surface area (Å²) in [5, 5.41) is 8.19. The number of likely N-dealkylation sites (tertiary alicyclic amines) is 1. The van der Waals surface area contributed by atoms with Crippen molar-refractivity contribution in [1.82, 2.24) is 29.9 Å². The van der Waals surface area contributed by atoms with Crippen LogP contribution < -0.4 is 0 Å². The van der Waals surface area contributed by atoms with Gasteiger partial charge in [-0.1, -0.05) is 23.4 Å². The second-order valence-corrected chi connectivity index (χ2v) is 6.61. The molecule has 2 unspecified atom stereocenters. The van der Waals surface area contributed by atoms with Crippen LogP contribution in [-0.2, 0) is 11.3 Å². The van der Waals surface area contributed by atoms with Crippen LogP contribution in [0.15, 0.2) is 42.9 Å². The molecule has 8 heteroatoms. The van der Waals surface area contributed by atoms with E-state index in [1.807, 2.05) is 33.8 Å². The average molecular weight is 350 g/mol. The molecule has 2 aromatic heterocycles. The third-order valence-electron chi connectivity index (χ3n) is 5.13. The van der Waals surface area contributed by atoms with Gasteiger partial charge in [-0.2, -0.15) is 0 Å². The number of piperidine rings is 1. The Hall–Kier alpha value is -3.00. The molecule has 3 aromatic rings. The van der Waals surface area contributed by atoms with Gasteiger partial charge in [-0.3, -0.25) is 4.79 Å². The van der Waals surface area contributed by atoms with Crippen molar-refractivity contribution in [3.8, 4) is 11.4 Å². The van der Waals surface area contributed by atoms with Gasteiger partial charge in [0.25, 0.3) is 5.91 Å². The number of hydrogen-bond donors (Lipinski definition) is 1. The van der Waals surface area contributed by atoms with Gasteiger partial charge in [-0.25, -0.2) is 9.67 Å². The fourth-order valence-electron chi connectivity index (χ4n) is 3.82. The molecule has 0 bridgehead atoms. The van der Waals surface area contributed by atoms with Crippen LogP contribution in [0.1, 0.15) is 28.5 Å². The number of hydrogen-bond acceptors (Lipinski definition) is 5. The van der Waals surface area contributed by atoms with Gasteiger partial charge in [0.15, 0.2) is 0 Å². The van der Waals surface area contributed by atoms with Crippen LogP contribution >= 0.6 is 0 Å². The summed E-state index contributed by atoms with van der Waals surface area (Å²) in [5.41, 5.74) is 2.42. The molecule has 1 fully saturated rings. The molecule has 132 valence electrons. The largest absolute Gasteiger partial charge is 0.370 e. The zero-order chi connectivity index (χ0) is 17.5. The van der Waals surface area contributed by atoms with Crippen LogP contribution in [0, 0.1) is 0 Å². The Labute approximate surface area is 149 Å². The van der Waals surface area contributed by atoms with Crippen molar-refractivity contribution in [3.63, 3.8) is 0 Å². The van der Waals surface area contributed by atoms with E-state index in [-0.39, 0.29) is 18.1 Å². The summed E-state index contributed by atoms with van der Waals surface area (Å²) in [6.45, 7) is 1.76. The Morgan fingerprint density at radius 1 is 1.31 bits per heavy atom. The number of benzene rings is 1. The van der Waals surface area contributed by atoms with E-state index >= 15 is 0 Å². The Morgan fingerprint density at radius 3 is 3.12 bits per heavy atom. The summed E-state index contributed by atoms with van der Waals surface area (Å²) in [6.07, 6.45) is 6.04. The number of amides is 1. The van der Waals surface area contributed by atoms with E-state index < -0.39 is 0 Å². The lowest BCUT2D eigenvalue weighted by Crippen LogP contribution is -2.50. The van der Waals surface area contributed by atoms with Gasteiger partial charge in [-0.15, -0.1) is 5.10 Å². The predicted octanol–water partition coefficient (Wildman–Crippen LogP) is 1.65. The molecule has 0 radical (unpaired) electrons. The van der Waals surface area contributed by atoms with Gasteiger partial charge in [0.2, 0.25) is 0 Å². The molecule has 0 spiro atoms. The number of nitrogens with one attached hydrogen (secondary N) is 1. The molecule has 1 amide bonds. The first-order valence-corrected chi connectivity index (χ1v) is 8.70. The van der Waals surface area contributed by atoms with Crippen molar-refractivity contribution in [2.75, 3.05) is 13.1 Å². The van der Waals surface area contributed by atoms with Gasteiger partial charge in [-0.05, 0) is 12.5 Å². The number of carbonyl (C=O) groups is 1. The fourth-order valence-corrected chi connectivity index (χ4v) is 3.82. The molecule has 0 aliphatic carbocycles. The summed E-state index contributed by atoms with van der Waals surface area (Å²) < 4.78 is 7.84. The number of aromatic amines is 1. The minimum Gasteiger partial charge on any atom is -0.370 e. The normalized spacial score (nSPS) is 21.9. The molecule has 2 aliphatic heterocycles. The minimum absolute atomic E-state index is 0.00249. The standard InChI is InChI=1S/C18H18N6O2/c25-18(14-4-2-1-3-13(14)17-19-6-7-20-17)23-8-5-16-15(10-23)24-12(11-26-16)9-21-22-24/h1-4,6-7,9,15-16H,5,8,10-11H2,(H,19,20). The molecular formula is C18H18N6O2. The molecule has 1 aromatic carbocycles. The Kier molecular flexibility index (Phi) is 3.56. The molecule has 1 saturated heterocycles.